The summed E-state index contributed by atoms with van der Waals surface area (Å²) < 4.78 is 20.6. The van der Waals surface area contributed by atoms with Crippen molar-refractivity contribution >= 4 is 17.9 Å². The number of nitrogens with two attached hydrogens (primary N) is 1. The van der Waals surface area contributed by atoms with Crippen LogP contribution in [0.2, 0.25) is 0 Å². The Balaban J connectivity index is 1.62. The fourth-order valence-corrected chi connectivity index (χ4v) is 3.52. The minimum absolute atomic E-state index is 0.102. The molecule has 1 aromatic heterocycles. The normalized spacial score (nSPS) is 16.0. The molecule has 2 heterocycles. The fraction of sp³-hybridized carbons (Fsp3) is 0.174. The zero-order valence-corrected chi connectivity index (χ0v) is 17.4. The summed E-state index contributed by atoms with van der Waals surface area (Å²) >= 11 is 0. The molecule has 0 fully saturated rings. The first-order valence-corrected chi connectivity index (χ1v) is 9.71. The lowest BCUT2D eigenvalue weighted by Crippen LogP contribution is -2.39. The molecule has 0 saturated heterocycles. The van der Waals surface area contributed by atoms with E-state index in [9.17, 15) is 9.18 Å². The van der Waals surface area contributed by atoms with Gasteiger partial charge in [0.05, 0.1) is 30.9 Å². The number of methoxy groups -OCH3 is 1. The van der Waals surface area contributed by atoms with Crippen molar-refractivity contribution in [3.63, 3.8) is 0 Å². The Bertz CT molecular complexity index is 1200. The van der Waals surface area contributed by atoms with Gasteiger partial charge in [-0.1, -0.05) is 18.2 Å². The van der Waals surface area contributed by atoms with Crippen molar-refractivity contribution in [2.24, 2.45) is 10.7 Å². The average molecular weight is 419 g/mol. The zero-order chi connectivity index (χ0) is 22.1. The Labute approximate surface area is 179 Å². The maximum absolute atomic E-state index is 13.2. The van der Waals surface area contributed by atoms with E-state index in [0.29, 0.717) is 5.75 Å². The van der Waals surface area contributed by atoms with E-state index in [1.54, 1.807) is 31.6 Å². The molecule has 1 aliphatic heterocycles. The van der Waals surface area contributed by atoms with Crippen LogP contribution in [0.4, 0.5) is 4.39 Å². The summed E-state index contributed by atoms with van der Waals surface area (Å²) in [5, 5.41) is 0. The molecule has 31 heavy (non-hydrogen) atoms. The minimum atomic E-state index is -0.385. The number of imidazole rings is 1. The van der Waals surface area contributed by atoms with Crippen molar-refractivity contribution in [2.75, 3.05) is 7.11 Å². The van der Waals surface area contributed by atoms with Gasteiger partial charge in [0.2, 0.25) is 5.96 Å². The van der Waals surface area contributed by atoms with Crippen LogP contribution < -0.4 is 10.5 Å². The second-order valence-electron chi connectivity index (χ2n) is 7.26. The van der Waals surface area contributed by atoms with E-state index in [1.807, 2.05) is 42.8 Å². The molecule has 0 aliphatic carbocycles. The number of ether oxygens (including phenoxy) is 1. The Morgan fingerprint density at radius 3 is 2.58 bits per heavy atom. The molecule has 0 unspecified atom stereocenters. The first kappa shape index (κ1) is 20.3. The topological polar surface area (TPSA) is 85.7 Å². The summed E-state index contributed by atoms with van der Waals surface area (Å²) in [7, 11) is 1.59. The smallest absolute Gasteiger partial charge is 0.279 e. The van der Waals surface area contributed by atoms with E-state index in [2.05, 4.69) is 9.98 Å². The van der Waals surface area contributed by atoms with Gasteiger partial charge in [0, 0.05) is 6.20 Å². The van der Waals surface area contributed by atoms with Crippen LogP contribution in [0.5, 0.6) is 5.75 Å². The van der Waals surface area contributed by atoms with Crippen LogP contribution in [0.25, 0.3) is 11.8 Å². The van der Waals surface area contributed by atoms with Crippen molar-refractivity contribution in [3.8, 4) is 11.4 Å². The van der Waals surface area contributed by atoms with Gasteiger partial charge in [-0.15, -0.1) is 0 Å². The minimum Gasteiger partial charge on any atom is -0.495 e. The molecular formula is C23H22FN5O2. The van der Waals surface area contributed by atoms with Crippen LogP contribution in [0.15, 0.2) is 65.7 Å². The summed E-state index contributed by atoms with van der Waals surface area (Å²) in [5.41, 5.74) is 9.50. The van der Waals surface area contributed by atoms with Crippen LogP contribution in [0.3, 0.4) is 0 Å². The maximum atomic E-state index is 13.2. The van der Waals surface area contributed by atoms with Crippen LogP contribution in [-0.2, 0) is 4.79 Å². The number of benzene rings is 2. The summed E-state index contributed by atoms with van der Waals surface area (Å²) in [4.78, 5) is 22.9. The van der Waals surface area contributed by atoms with E-state index >= 15 is 0 Å². The number of carbonyl (C=O) groups is 1. The van der Waals surface area contributed by atoms with Gasteiger partial charge in [-0.3, -0.25) is 9.69 Å². The summed E-state index contributed by atoms with van der Waals surface area (Å²) in [5.74, 6) is 0.0769. The Hall–Kier alpha value is -3.94. The highest BCUT2D eigenvalue weighted by Gasteiger charge is 2.33. The number of guanidine groups is 1. The number of amides is 1. The molecule has 2 N–H and O–H groups in total. The first-order chi connectivity index (χ1) is 14.9. The third-order valence-corrected chi connectivity index (χ3v) is 5.16. The van der Waals surface area contributed by atoms with Gasteiger partial charge >= 0.3 is 0 Å². The molecular weight excluding hydrogens is 397 g/mol. The lowest BCUT2D eigenvalue weighted by molar-refractivity contribution is -0.124. The molecule has 1 amide bonds. The van der Waals surface area contributed by atoms with Crippen LogP contribution in [-0.4, -0.2) is 33.4 Å². The zero-order valence-electron chi connectivity index (χ0n) is 17.4. The maximum Gasteiger partial charge on any atom is 0.279 e. The molecule has 2 aromatic carbocycles. The largest absolute Gasteiger partial charge is 0.495 e. The Morgan fingerprint density at radius 2 is 1.94 bits per heavy atom. The number of aromatic nitrogens is 2. The fourth-order valence-electron chi connectivity index (χ4n) is 3.52. The number of aryl methyl sites for hydroxylation is 1. The van der Waals surface area contributed by atoms with E-state index < -0.39 is 0 Å². The molecule has 3 aromatic rings. The third kappa shape index (κ3) is 3.92. The van der Waals surface area contributed by atoms with Crippen molar-refractivity contribution in [1.82, 2.24) is 14.5 Å². The molecule has 0 bridgehead atoms. The third-order valence-electron chi connectivity index (χ3n) is 5.16. The van der Waals surface area contributed by atoms with Crippen LogP contribution in [0.1, 0.15) is 29.8 Å². The number of hydrogen-bond donors (Lipinski definition) is 1. The summed E-state index contributed by atoms with van der Waals surface area (Å²) in [6, 6.07) is 11.2. The number of carbonyl (C=O) groups excluding carboxylic acids is 1. The molecule has 1 aliphatic rings. The number of halogens is 1. The predicted octanol–water partition coefficient (Wildman–Crippen LogP) is 3.59. The van der Waals surface area contributed by atoms with E-state index in [4.69, 9.17) is 10.5 Å². The molecule has 7 nitrogen and oxygen atoms in total. The lowest BCUT2D eigenvalue weighted by Gasteiger charge is -2.24. The van der Waals surface area contributed by atoms with Gasteiger partial charge in [0.1, 0.15) is 17.3 Å². The Morgan fingerprint density at radius 1 is 1.19 bits per heavy atom. The highest BCUT2D eigenvalue weighted by Crippen LogP contribution is 2.29. The molecule has 1 atom stereocenters. The number of aliphatic imine (C=N–C) groups is 1. The van der Waals surface area contributed by atoms with Gasteiger partial charge < -0.3 is 15.0 Å². The van der Waals surface area contributed by atoms with E-state index in [0.717, 1.165) is 22.5 Å². The number of hydrogen-bond acceptors (Lipinski definition) is 5. The quantitative estimate of drug-likeness (QED) is 0.641. The molecule has 8 heteroatoms. The molecule has 0 radical (unpaired) electrons. The predicted molar refractivity (Wildman–Crippen MR) is 116 cm³/mol. The molecule has 4 rings (SSSR count). The highest BCUT2D eigenvalue weighted by molar-refractivity contribution is 6.13. The van der Waals surface area contributed by atoms with Gasteiger partial charge in [0.15, 0.2) is 0 Å². The van der Waals surface area contributed by atoms with Crippen molar-refractivity contribution in [2.45, 2.75) is 19.9 Å². The van der Waals surface area contributed by atoms with Crippen molar-refractivity contribution in [3.05, 3.63) is 83.3 Å². The average Bonchev–Trinajstić information content (AvgIpc) is 3.30. The lowest BCUT2D eigenvalue weighted by atomic mass is 10.1. The van der Waals surface area contributed by atoms with Gasteiger partial charge in [0.25, 0.3) is 5.91 Å². The monoisotopic (exact) mass is 419 g/mol. The van der Waals surface area contributed by atoms with Crippen LogP contribution in [0, 0.1) is 12.7 Å². The van der Waals surface area contributed by atoms with E-state index in [1.165, 1.54) is 17.0 Å². The second kappa shape index (κ2) is 8.06. The summed E-state index contributed by atoms with van der Waals surface area (Å²) in [6.07, 6.45) is 5.28. The first-order valence-electron chi connectivity index (χ1n) is 9.71. The van der Waals surface area contributed by atoms with Crippen molar-refractivity contribution < 1.29 is 13.9 Å². The van der Waals surface area contributed by atoms with Gasteiger partial charge in [-0.2, -0.15) is 0 Å². The highest BCUT2D eigenvalue weighted by atomic mass is 19.1. The molecule has 158 valence electrons. The number of nitrogens with zero attached hydrogens (tertiary/aromatic N) is 4. The van der Waals surface area contributed by atoms with Crippen molar-refractivity contribution in [1.29, 1.82) is 0 Å². The van der Waals surface area contributed by atoms with Crippen LogP contribution >= 0.6 is 0 Å². The summed E-state index contributed by atoms with van der Waals surface area (Å²) in [6.45, 7) is 3.73. The second-order valence-corrected chi connectivity index (χ2v) is 7.26. The Kier molecular flexibility index (Phi) is 5.29. The van der Waals surface area contributed by atoms with Gasteiger partial charge in [-0.05, 0) is 55.3 Å². The molecule has 0 saturated carbocycles. The van der Waals surface area contributed by atoms with Gasteiger partial charge in [-0.25, -0.2) is 14.4 Å². The number of rotatable bonds is 5. The molecule has 0 spiro atoms. The standard InChI is InChI=1S/C23H22FN5O2/c1-14-12-28(13-26-14)20-9-4-16(11-21(20)31-3)10-19-22(30)29(23(25)27-19)15(2)17-5-7-18(24)8-6-17/h4-13,15H,1-3H3,(H2,25,27)/b19-10-/t15-/m0/s1. The van der Waals surface area contributed by atoms with E-state index in [-0.39, 0.29) is 29.4 Å². The SMILES string of the molecule is COc1cc(/C=C2\N=C(N)N([C@@H](C)c3ccc(F)cc3)C2=O)ccc1-n1cnc(C)c1.